The van der Waals surface area contributed by atoms with Gasteiger partial charge in [0.2, 0.25) is 0 Å². The topological polar surface area (TPSA) is 38.7 Å². The molecule has 2 heterocycles. The summed E-state index contributed by atoms with van der Waals surface area (Å²) in [6.45, 7) is 0. The molecule has 0 unspecified atom stereocenters. The van der Waals surface area contributed by atoms with Gasteiger partial charge in [-0.2, -0.15) is 0 Å². The molecule has 0 aliphatic carbocycles. The second-order valence-corrected chi connectivity index (χ2v) is 13.5. The Bertz CT molecular complexity index is 2540. The standard InChI is InChI=1S/C41H25N3Se/c1-3-10-26(11-4-1)30-15-9-16-31(24-30)40-42-39(29-13-5-2-6-14-29)43-41(44-40)32-21-23-36-35(25-32)34-22-20-28-19-18-27-12-7-8-17-33(27)37(28)38(34)45-36/h1-25H. The van der Waals surface area contributed by atoms with Crippen molar-refractivity contribution in [2.45, 2.75) is 0 Å². The minimum Gasteiger partial charge on any atom is -0.0617 e. The van der Waals surface area contributed by atoms with Crippen LogP contribution < -0.4 is 0 Å². The fourth-order valence-corrected chi connectivity index (χ4v) is 8.91. The van der Waals surface area contributed by atoms with Gasteiger partial charge in [0.15, 0.2) is 0 Å². The van der Waals surface area contributed by atoms with Gasteiger partial charge in [0.05, 0.1) is 0 Å². The average Bonchev–Trinajstić information content (AvgIpc) is 3.50. The number of aromatic nitrogens is 3. The molecule has 0 fully saturated rings. The van der Waals surface area contributed by atoms with E-state index in [9.17, 15) is 0 Å². The molecule has 0 bridgehead atoms. The Morgan fingerprint density at radius 1 is 0.356 bits per heavy atom. The minimum absolute atomic E-state index is 0.212. The zero-order valence-corrected chi connectivity index (χ0v) is 25.9. The molecule has 4 heteroatoms. The number of hydrogen-bond donors (Lipinski definition) is 0. The summed E-state index contributed by atoms with van der Waals surface area (Å²) in [6.07, 6.45) is 0. The first-order valence-electron chi connectivity index (χ1n) is 15.0. The zero-order chi connectivity index (χ0) is 29.7. The van der Waals surface area contributed by atoms with Gasteiger partial charge in [-0.3, -0.25) is 0 Å². The zero-order valence-electron chi connectivity index (χ0n) is 24.2. The van der Waals surface area contributed by atoms with E-state index in [4.69, 9.17) is 15.0 Å². The summed E-state index contributed by atoms with van der Waals surface area (Å²) in [5.74, 6) is 2.02. The summed E-state index contributed by atoms with van der Waals surface area (Å²) >= 11 is 0.212. The first-order chi connectivity index (χ1) is 22.3. The normalized spacial score (nSPS) is 11.6. The molecule has 0 spiro atoms. The molecule has 0 amide bonds. The van der Waals surface area contributed by atoms with Gasteiger partial charge in [-0.05, 0) is 0 Å². The second-order valence-electron chi connectivity index (χ2n) is 11.3. The quantitative estimate of drug-likeness (QED) is 0.142. The van der Waals surface area contributed by atoms with Gasteiger partial charge in [0.1, 0.15) is 0 Å². The van der Waals surface area contributed by atoms with E-state index in [0.717, 1.165) is 27.8 Å². The van der Waals surface area contributed by atoms with Crippen LogP contribution in [0, 0.1) is 0 Å². The minimum atomic E-state index is 0.212. The van der Waals surface area contributed by atoms with E-state index in [0.29, 0.717) is 17.5 Å². The van der Waals surface area contributed by atoms with Crippen LogP contribution in [-0.2, 0) is 0 Å². The Balaban J connectivity index is 1.24. The molecular weight excluding hydrogens is 613 g/mol. The molecule has 0 saturated carbocycles. The van der Waals surface area contributed by atoms with E-state index in [1.165, 1.54) is 40.8 Å². The van der Waals surface area contributed by atoms with Crippen LogP contribution in [0.15, 0.2) is 152 Å². The van der Waals surface area contributed by atoms with Gasteiger partial charge in [-0.25, -0.2) is 0 Å². The number of nitrogens with zero attached hydrogens (tertiary/aromatic N) is 3. The van der Waals surface area contributed by atoms with E-state index in [1.54, 1.807) is 0 Å². The third kappa shape index (κ3) is 4.55. The Morgan fingerprint density at radius 2 is 0.956 bits per heavy atom. The number of rotatable bonds is 4. The molecule has 2 aromatic heterocycles. The Kier molecular flexibility index (Phi) is 6.15. The summed E-state index contributed by atoms with van der Waals surface area (Å²) in [4.78, 5) is 15.1. The Labute approximate surface area is 266 Å². The molecular formula is C41H25N3Se. The molecule has 0 aliphatic rings. The van der Waals surface area contributed by atoms with Gasteiger partial charge in [-0.1, -0.05) is 18.2 Å². The first-order valence-corrected chi connectivity index (χ1v) is 16.7. The third-order valence-electron chi connectivity index (χ3n) is 8.50. The molecule has 0 atom stereocenters. The fraction of sp³-hybridized carbons (Fsp3) is 0. The number of fused-ring (bicyclic) bond motifs is 7. The van der Waals surface area contributed by atoms with Gasteiger partial charge in [0, 0.05) is 0 Å². The van der Waals surface area contributed by atoms with Crippen molar-refractivity contribution in [3.63, 3.8) is 0 Å². The van der Waals surface area contributed by atoms with Crippen LogP contribution in [-0.4, -0.2) is 29.5 Å². The summed E-state index contributed by atoms with van der Waals surface area (Å²) in [5.41, 5.74) is 5.22. The van der Waals surface area contributed by atoms with Crippen molar-refractivity contribution in [2.75, 3.05) is 0 Å². The van der Waals surface area contributed by atoms with Gasteiger partial charge >= 0.3 is 249 Å². The second kappa shape index (κ2) is 10.6. The summed E-state index contributed by atoms with van der Waals surface area (Å²) in [7, 11) is 0. The van der Waals surface area contributed by atoms with Gasteiger partial charge < -0.3 is 0 Å². The van der Waals surface area contributed by atoms with Crippen LogP contribution in [0.3, 0.4) is 0 Å². The van der Waals surface area contributed by atoms with Crippen molar-refractivity contribution in [1.29, 1.82) is 0 Å². The van der Waals surface area contributed by atoms with Crippen molar-refractivity contribution >= 4 is 55.3 Å². The monoisotopic (exact) mass is 639 g/mol. The molecule has 9 rings (SSSR count). The Morgan fingerprint density at radius 3 is 1.76 bits per heavy atom. The van der Waals surface area contributed by atoms with E-state index in [1.807, 2.05) is 24.3 Å². The van der Waals surface area contributed by atoms with Crippen LogP contribution in [0.1, 0.15) is 0 Å². The van der Waals surface area contributed by atoms with E-state index >= 15 is 0 Å². The fourth-order valence-electron chi connectivity index (χ4n) is 6.28. The van der Waals surface area contributed by atoms with Gasteiger partial charge in [-0.15, -0.1) is 0 Å². The SMILES string of the molecule is c1ccc(-c2cccc(-c3nc(-c4ccccc4)nc(-c4ccc5[se]c6c(ccc7ccc8ccccc8c76)c5c4)n3)c2)cc1. The van der Waals surface area contributed by atoms with Crippen LogP contribution in [0.25, 0.3) is 86.1 Å². The molecule has 210 valence electrons. The van der Waals surface area contributed by atoms with Crippen molar-refractivity contribution in [2.24, 2.45) is 0 Å². The molecule has 9 aromatic rings. The third-order valence-corrected chi connectivity index (χ3v) is 11.0. The smallest absolute Gasteiger partial charge is 0.0617 e. The van der Waals surface area contributed by atoms with E-state index in [2.05, 4.69) is 127 Å². The summed E-state index contributed by atoms with van der Waals surface area (Å²) < 4.78 is 2.86. The summed E-state index contributed by atoms with van der Waals surface area (Å²) in [5, 5.41) is 7.91. The van der Waals surface area contributed by atoms with Crippen LogP contribution >= 0.6 is 0 Å². The molecule has 0 N–H and O–H groups in total. The number of hydrogen-bond acceptors (Lipinski definition) is 3. The van der Waals surface area contributed by atoms with Crippen molar-refractivity contribution in [1.82, 2.24) is 15.0 Å². The molecule has 0 aliphatic heterocycles. The van der Waals surface area contributed by atoms with Crippen molar-refractivity contribution in [3.8, 4) is 45.3 Å². The number of benzene rings is 7. The molecule has 45 heavy (non-hydrogen) atoms. The van der Waals surface area contributed by atoms with Crippen LogP contribution in [0.5, 0.6) is 0 Å². The maximum absolute atomic E-state index is 5.09. The molecule has 0 saturated heterocycles. The first kappa shape index (κ1) is 26.0. The van der Waals surface area contributed by atoms with Crippen molar-refractivity contribution in [3.05, 3.63) is 152 Å². The Hall–Kier alpha value is -5.41. The van der Waals surface area contributed by atoms with Crippen molar-refractivity contribution < 1.29 is 0 Å². The van der Waals surface area contributed by atoms with E-state index in [-0.39, 0.29) is 14.5 Å². The summed E-state index contributed by atoms with van der Waals surface area (Å²) in [6, 6.07) is 53.6. The van der Waals surface area contributed by atoms with Gasteiger partial charge in [0.25, 0.3) is 0 Å². The maximum atomic E-state index is 5.09. The molecule has 7 aromatic carbocycles. The van der Waals surface area contributed by atoms with Crippen LogP contribution in [0.4, 0.5) is 0 Å². The predicted octanol–water partition coefficient (Wildman–Crippen LogP) is 10.2. The van der Waals surface area contributed by atoms with E-state index < -0.39 is 0 Å². The molecule has 3 nitrogen and oxygen atoms in total. The average molecular weight is 639 g/mol. The molecule has 0 radical (unpaired) electrons. The van der Waals surface area contributed by atoms with Crippen LogP contribution in [0.2, 0.25) is 0 Å². The predicted molar refractivity (Wildman–Crippen MR) is 189 cm³/mol.